The number of benzene rings is 1. The van der Waals surface area contributed by atoms with E-state index in [2.05, 4.69) is 27.4 Å². The van der Waals surface area contributed by atoms with E-state index in [0.29, 0.717) is 35.0 Å². The van der Waals surface area contributed by atoms with Crippen LogP contribution in [-0.4, -0.2) is 95.6 Å². The van der Waals surface area contributed by atoms with Crippen LogP contribution in [0.3, 0.4) is 0 Å². The van der Waals surface area contributed by atoms with Crippen molar-refractivity contribution in [1.29, 1.82) is 0 Å². The van der Waals surface area contributed by atoms with Crippen LogP contribution in [0.5, 0.6) is 17.2 Å². The molecule has 51 heavy (non-hydrogen) atoms. The summed E-state index contributed by atoms with van der Waals surface area (Å²) in [4.78, 5) is 26.1. The van der Waals surface area contributed by atoms with Gasteiger partial charge >= 0.3 is 11.9 Å². The number of carbonyl (C=O) groups excluding carboxylic acids is 2. The lowest BCUT2D eigenvalue weighted by Gasteiger charge is -2.45. The van der Waals surface area contributed by atoms with Crippen molar-refractivity contribution in [2.45, 2.75) is 86.7 Å². The Morgan fingerprint density at radius 2 is 1.25 bits per heavy atom. The maximum Gasteiger partial charge on any atom is 0.333 e. The predicted octanol–water partition coefficient (Wildman–Crippen LogP) is 7.45. The quantitative estimate of drug-likeness (QED) is 0.0891. The molecule has 2 fully saturated rings. The summed E-state index contributed by atoms with van der Waals surface area (Å²) in [6.45, 7) is 24.2. The summed E-state index contributed by atoms with van der Waals surface area (Å²) in [5, 5.41) is 0. The fourth-order valence-electron chi connectivity index (χ4n) is 4.87. The summed E-state index contributed by atoms with van der Waals surface area (Å²) in [5.41, 5.74) is -2.94. The molecule has 0 unspecified atom stereocenters. The molecule has 0 bridgehead atoms. The molecule has 0 atom stereocenters. The lowest BCUT2D eigenvalue weighted by Crippen LogP contribution is -2.53. The van der Waals surface area contributed by atoms with Crippen LogP contribution in [0, 0.1) is 21.7 Å². The molecule has 1 aromatic rings. The van der Waals surface area contributed by atoms with Crippen molar-refractivity contribution in [3.8, 4) is 17.2 Å². The zero-order valence-corrected chi connectivity index (χ0v) is 34.5. The van der Waals surface area contributed by atoms with E-state index in [0.717, 1.165) is 11.5 Å². The largest absolute Gasteiger partial charge is 0.496 e. The van der Waals surface area contributed by atoms with Crippen molar-refractivity contribution in [2.24, 2.45) is 21.7 Å². The molecular weight excluding hydrogens is 697 g/mol. The van der Waals surface area contributed by atoms with E-state index in [4.69, 9.17) is 42.6 Å². The summed E-state index contributed by atoms with van der Waals surface area (Å²) in [7, 11) is 8.12. The van der Waals surface area contributed by atoms with Gasteiger partial charge in [0.2, 0.25) is 0 Å². The van der Waals surface area contributed by atoms with E-state index >= 15 is 0 Å². The summed E-state index contributed by atoms with van der Waals surface area (Å²) < 4.78 is 54.2. The normalized spacial score (nSPS) is 21.2. The van der Waals surface area contributed by atoms with E-state index in [1.165, 1.54) is 0 Å². The van der Waals surface area contributed by atoms with E-state index in [1.807, 2.05) is 41.5 Å². The van der Waals surface area contributed by atoms with Gasteiger partial charge in [-0.3, -0.25) is 4.79 Å². The Hall–Kier alpha value is -2.16. The SMILES string of the molecule is C=C(C)C(=O)OCC1(COC(C)(C)C(C)(C)C(=O)OCC2(COC(C)(C)C(C)(C)C)COC(c3c(OC)cc(OC)cc3OC)OC2)CSSC1. The average molecular weight is 757 g/mol. The standard InChI is InChI=1S/C38H60O11S2/c1-25(2)30(39)44-20-38(23-50-51-24-38)22-49-36(10,11)34(6,7)32(40)47-19-37(21-48-35(8,9)33(3,4)5)17-45-31(46-18-37)29-27(42-13)15-26(41-12)16-28(29)43-14/h15-16,31H,1,17-24H2,2-14H3. The molecule has 2 heterocycles. The van der Waals surface area contributed by atoms with Crippen LogP contribution in [-0.2, 0) is 38.0 Å². The van der Waals surface area contributed by atoms with Crippen LogP contribution >= 0.6 is 21.6 Å². The third-order valence-corrected chi connectivity index (χ3v) is 13.4. The Kier molecular flexibility index (Phi) is 14.3. The molecule has 2 aliphatic rings. The van der Waals surface area contributed by atoms with Gasteiger partial charge in [0.1, 0.15) is 30.5 Å². The fourth-order valence-corrected chi connectivity index (χ4v) is 8.20. The lowest BCUT2D eigenvalue weighted by molar-refractivity contribution is -0.265. The van der Waals surface area contributed by atoms with Crippen LogP contribution in [0.1, 0.15) is 81.1 Å². The van der Waals surface area contributed by atoms with E-state index in [9.17, 15) is 9.59 Å². The molecule has 0 N–H and O–H groups in total. The molecule has 2 aliphatic heterocycles. The maximum absolute atomic E-state index is 14.0. The maximum atomic E-state index is 14.0. The van der Waals surface area contributed by atoms with Crippen LogP contribution in [0.2, 0.25) is 0 Å². The molecule has 3 rings (SSSR count). The van der Waals surface area contributed by atoms with Gasteiger partial charge in [-0.05, 0) is 53.9 Å². The first-order chi connectivity index (χ1) is 23.6. The minimum atomic E-state index is -1.06. The third kappa shape index (κ3) is 10.3. The van der Waals surface area contributed by atoms with Gasteiger partial charge in [-0.15, -0.1) is 0 Å². The number of hydrogen-bond acceptors (Lipinski definition) is 13. The number of esters is 2. The molecule has 0 spiro atoms. The summed E-state index contributed by atoms with van der Waals surface area (Å²) >= 11 is 0. The smallest absolute Gasteiger partial charge is 0.333 e. The number of methoxy groups -OCH3 is 3. The molecule has 0 aliphatic carbocycles. The second-order valence-corrected chi connectivity index (χ2v) is 18.8. The van der Waals surface area contributed by atoms with E-state index < -0.39 is 40.3 Å². The zero-order valence-electron chi connectivity index (χ0n) is 32.9. The fraction of sp³-hybridized carbons (Fsp3) is 0.737. The van der Waals surface area contributed by atoms with Gasteiger partial charge in [-0.2, -0.15) is 0 Å². The molecule has 1 aromatic carbocycles. The third-order valence-electron chi connectivity index (χ3n) is 10.6. The Bertz CT molecular complexity index is 1340. The molecule has 13 heteroatoms. The van der Waals surface area contributed by atoms with Gasteiger partial charge in [0.05, 0.1) is 75.4 Å². The molecule has 0 saturated carbocycles. The Morgan fingerprint density at radius 1 is 0.765 bits per heavy atom. The first kappa shape index (κ1) is 43.2. The van der Waals surface area contributed by atoms with E-state index in [1.54, 1.807) is 62.0 Å². The molecule has 11 nitrogen and oxygen atoms in total. The van der Waals surface area contributed by atoms with E-state index in [-0.39, 0.29) is 43.9 Å². The van der Waals surface area contributed by atoms with Crippen LogP contribution in [0.25, 0.3) is 0 Å². The van der Waals surface area contributed by atoms with Crippen molar-refractivity contribution in [3.63, 3.8) is 0 Å². The van der Waals surface area contributed by atoms with Crippen molar-refractivity contribution in [1.82, 2.24) is 0 Å². The molecule has 290 valence electrons. The molecule has 0 radical (unpaired) electrons. The minimum absolute atomic E-state index is 0.0107. The van der Waals surface area contributed by atoms with Crippen molar-refractivity contribution >= 4 is 33.5 Å². The second-order valence-electron chi connectivity index (χ2n) is 16.3. The Labute approximate surface area is 312 Å². The van der Waals surface area contributed by atoms with Crippen molar-refractivity contribution in [3.05, 3.63) is 29.8 Å². The van der Waals surface area contributed by atoms with Gasteiger partial charge < -0.3 is 42.6 Å². The summed E-state index contributed by atoms with van der Waals surface area (Å²) in [6, 6.07) is 3.49. The highest BCUT2D eigenvalue weighted by molar-refractivity contribution is 8.77. The first-order valence-corrected chi connectivity index (χ1v) is 19.6. The van der Waals surface area contributed by atoms with Crippen LogP contribution in [0.4, 0.5) is 0 Å². The van der Waals surface area contributed by atoms with Crippen LogP contribution < -0.4 is 14.2 Å². The minimum Gasteiger partial charge on any atom is -0.496 e. The lowest BCUT2D eigenvalue weighted by atomic mass is 9.76. The van der Waals surface area contributed by atoms with Gasteiger partial charge in [0.25, 0.3) is 0 Å². The topological polar surface area (TPSA) is 117 Å². The summed E-state index contributed by atoms with van der Waals surface area (Å²) in [5.74, 6) is 2.21. The van der Waals surface area contributed by atoms with Crippen molar-refractivity contribution in [2.75, 3.05) is 72.5 Å². The Balaban J connectivity index is 1.79. The van der Waals surface area contributed by atoms with Gasteiger partial charge in [-0.25, -0.2) is 4.79 Å². The zero-order chi connectivity index (χ0) is 38.5. The highest BCUT2D eigenvalue weighted by Crippen LogP contribution is 2.47. The van der Waals surface area contributed by atoms with Gasteiger partial charge in [0.15, 0.2) is 6.29 Å². The second kappa shape index (κ2) is 16.9. The molecule has 0 aromatic heterocycles. The number of rotatable bonds is 17. The molecule has 2 saturated heterocycles. The number of hydrogen-bond donors (Lipinski definition) is 0. The highest BCUT2D eigenvalue weighted by atomic mass is 33.1. The average Bonchev–Trinajstić information content (AvgIpc) is 3.56. The predicted molar refractivity (Wildman–Crippen MR) is 201 cm³/mol. The summed E-state index contributed by atoms with van der Waals surface area (Å²) in [6.07, 6.45) is -0.807. The van der Waals surface area contributed by atoms with Crippen LogP contribution in [0.15, 0.2) is 24.3 Å². The highest BCUT2D eigenvalue weighted by Gasteiger charge is 2.50. The number of carbonyl (C=O) groups is 2. The van der Waals surface area contributed by atoms with Gasteiger partial charge in [-0.1, -0.05) is 48.9 Å². The first-order valence-electron chi connectivity index (χ1n) is 17.1. The molecular formula is C38H60O11S2. The molecule has 0 amide bonds. The number of ether oxygens (including phenoxy) is 9. The van der Waals surface area contributed by atoms with Gasteiger partial charge in [0, 0.05) is 34.6 Å². The monoisotopic (exact) mass is 756 g/mol. The van der Waals surface area contributed by atoms with Crippen molar-refractivity contribution < 1.29 is 52.2 Å². The Morgan fingerprint density at radius 3 is 1.73 bits per heavy atom.